The summed E-state index contributed by atoms with van der Waals surface area (Å²) >= 11 is 0. The van der Waals surface area contributed by atoms with Crippen molar-refractivity contribution in [2.75, 3.05) is 10.2 Å². The molecule has 7 heteroatoms. The Morgan fingerprint density at radius 2 is 1.79 bits per heavy atom. The molecule has 1 aliphatic heterocycles. The third-order valence-corrected chi connectivity index (χ3v) is 4.94. The maximum Gasteiger partial charge on any atom is 0.306 e. The largest absolute Gasteiger partial charge is 0.453 e. The van der Waals surface area contributed by atoms with Crippen LogP contribution >= 0.6 is 0 Å². The number of rotatable bonds is 5. The standard InChI is InChI=1S/C22H23FN2O4/c1-14(29-19(26)13-12-15-8-4-5-9-16(15)23)20(27)25-18-11-7-6-10-17(18)24-21(28)22(25,2)3/h4-11,14H,12-13H2,1-3H3,(H,24,28)/t14-/m1/s1. The van der Waals surface area contributed by atoms with E-state index in [0.29, 0.717) is 16.9 Å². The molecule has 1 atom stereocenters. The first kappa shape index (κ1) is 20.5. The molecule has 0 bridgehead atoms. The van der Waals surface area contributed by atoms with Crippen molar-refractivity contribution in [2.24, 2.45) is 0 Å². The van der Waals surface area contributed by atoms with Crippen molar-refractivity contribution in [1.82, 2.24) is 0 Å². The Kier molecular flexibility index (Phi) is 5.68. The molecular formula is C22H23FN2O4. The Morgan fingerprint density at radius 1 is 1.14 bits per heavy atom. The van der Waals surface area contributed by atoms with Gasteiger partial charge in [-0.15, -0.1) is 0 Å². The lowest BCUT2D eigenvalue weighted by molar-refractivity contribution is -0.154. The highest BCUT2D eigenvalue weighted by Crippen LogP contribution is 2.37. The van der Waals surface area contributed by atoms with Crippen molar-refractivity contribution < 1.29 is 23.5 Å². The lowest BCUT2D eigenvalue weighted by Gasteiger charge is -2.42. The van der Waals surface area contributed by atoms with Gasteiger partial charge in [0.2, 0.25) is 5.91 Å². The van der Waals surface area contributed by atoms with Gasteiger partial charge >= 0.3 is 5.97 Å². The van der Waals surface area contributed by atoms with Gasteiger partial charge < -0.3 is 10.1 Å². The number of carbonyl (C=O) groups excluding carboxylic acids is 3. The third kappa shape index (κ3) is 4.13. The number of carbonyl (C=O) groups is 3. The number of halogens is 1. The van der Waals surface area contributed by atoms with Gasteiger partial charge in [0.05, 0.1) is 11.4 Å². The molecule has 152 valence electrons. The highest BCUT2D eigenvalue weighted by molar-refractivity contribution is 6.15. The number of ether oxygens (including phenoxy) is 1. The summed E-state index contributed by atoms with van der Waals surface area (Å²) in [4.78, 5) is 39.1. The Hall–Kier alpha value is -3.22. The van der Waals surface area contributed by atoms with Crippen LogP contribution in [0, 0.1) is 5.82 Å². The first-order valence-electron chi connectivity index (χ1n) is 9.39. The SMILES string of the molecule is C[C@@H](OC(=O)CCc1ccccc1F)C(=O)N1c2ccccc2NC(=O)C1(C)C. The predicted octanol–water partition coefficient (Wildman–Crippen LogP) is 3.45. The van der Waals surface area contributed by atoms with Gasteiger partial charge in [-0.2, -0.15) is 0 Å². The number of nitrogens with one attached hydrogen (secondary N) is 1. The minimum Gasteiger partial charge on any atom is -0.453 e. The minimum atomic E-state index is -1.15. The highest BCUT2D eigenvalue weighted by atomic mass is 19.1. The average molecular weight is 398 g/mol. The monoisotopic (exact) mass is 398 g/mol. The second-order valence-corrected chi connectivity index (χ2v) is 7.43. The minimum absolute atomic E-state index is 0.0565. The van der Waals surface area contributed by atoms with Gasteiger partial charge in [0.1, 0.15) is 11.4 Å². The van der Waals surface area contributed by atoms with Crippen LogP contribution in [-0.2, 0) is 25.5 Å². The quantitative estimate of drug-likeness (QED) is 0.783. The molecule has 0 fully saturated rings. The van der Waals surface area contributed by atoms with Gasteiger partial charge in [-0.3, -0.25) is 19.3 Å². The molecule has 6 nitrogen and oxygen atoms in total. The summed E-state index contributed by atoms with van der Waals surface area (Å²) in [6.07, 6.45) is -0.979. The van der Waals surface area contributed by atoms with Crippen LogP contribution in [-0.4, -0.2) is 29.4 Å². The van der Waals surface area contributed by atoms with Crippen molar-refractivity contribution >= 4 is 29.2 Å². The van der Waals surface area contributed by atoms with Crippen molar-refractivity contribution in [3.63, 3.8) is 0 Å². The number of hydrogen-bond donors (Lipinski definition) is 1. The van der Waals surface area contributed by atoms with Gasteiger partial charge in [-0.25, -0.2) is 4.39 Å². The summed E-state index contributed by atoms with van der Waals surface area (Å²) in [5.74, 6) is -1.83. The fraction of sp³-hybridized carbons (Fsp3) is 0.318. The number of aryl methyl sites for hydroxylation is 1. The maximum absolute atomic E-state index is 13.7. The molecule has 0 saturated carbocycles. The van der Waals surface area contributed by atoms with Crippen LogP contribution in [0.1, 0.15) is 32.8 Å². The lowest BCUT2D eigenvalue weighted by atomic mass is 9.95. The second-order valence-electron chi connectivity index (χ2n) is 7.43. The smallest absolute Gasteiger partial charge is 0.306 e. The number of esters is 1. The summed E-state index contributed by atoms with van der Waals surface area (Å²) in [6, 6.07) is 13.1. The van der Waals surface area contributed by atoms with Crippen LogP contribution in [0.3, 0.4) is 0 Å². The molecule has 2 aromatic carbocycles. The number of amides is 2. The molecule has 0 spiro atoms. The van der Waals surface area contributed by atoms with Crippen LogP contribution in [0.15, 0.2) is 48.5 Å². The fourth-order valence-electron chi connectivity index (χ4n) is 3.27. The van der Waals surface area contributed by atoms with Crippen LogP contribution < -0.4 is 10.2 Å². The van der Waals surface area contributed by atoms with E-state index < -0.39 is 23.5 Å². The highest BCUT2D eigenvalue weighted by Gasteiger charge is 2.45. The van der Waals surface area contributed by atoms with Crippen LogP contribution in [0.25, 0.3) is 0 Å². The molecule has 2 aromatic rings. The average Bonchev–Trinajstić information content (AvgIpc) is 2.67. The Bertz CT molecular complexity index is 957. The molecule has 2 amide bonds. The fourth-order valence-corrected chi connectivity index (χ4v) is 3.27. The van der Waals surface area contributed by atoms with Crippen molar-refractivity contribution in [1.29, 1.82) is 0 Å². The Balaban J connectivity index is 1.71. The zero-order valence-electron chi connectivity index (χ0n) is 16.6. The molecule has 0 saturated heterocycles. The Labute approximate surface area is 168 Å². The van der Waals surface area contributed by atoms with Crippen molar-refractivity contribution in [2.45, 2.75) is 45.3 Å². The molecule has 3 rings (SSSR count). The van der Waals surface area contributed by atoms with E-state index in [1.165, 1.54) is 17.9 Å². The number of benzene rings is 2. The van der Waals surface area contributed by atoms with E-state index in [9.17, 15) is 18.8 Å². The normalized spacial score (nSPS) is 15.9. The van der Waals surface area contributed by atoms with E-state index in [1.54, 1.807) is 56.3 Å². The maximum atomic E-state index is 13.7. The van der Waals surface area contributed by atoms with E-state index in [1.807, 2.05) is 0 Å². The first-order chi connectivity index (χ1) is 13.7. The summed E-state index contributed by atoms with van der Waals surface area (Å²) in [7, 11) is 0. The third-order valence-electron chi connectivity index (χ3n) is 4.94. The molecule has 1 heterocycles. The van der Waals surface area contributed by atoms with Crippen molar-refractivity contribution in [3.8, 4) is 0 Å². The zero-order valence-corrected chi connectivity index (χ0v) is 16.6. The van der Waals surface area contributed by atoms with Crippen molar-refractivity contribution in [3.05, 3.63) is 59.9 Å². The topological polar surface area (TPSA) is 75.7 Å². The van der Waals surface area contributed by atoms with E-state index in [4.69, 9.17) is 4.74 Å². The summed E-state index contributed by atoms with van der Waals surface area (Å²) in [5, 5.41) is 2.78. The molecule has 0 unspecified atom stereocenters. The number of hydrogen-bond acceptors (Lipinski definition) is 4. The second kappa shape index (κ2) is 8.03. The molecule has 0 radical (unpaired) electrons. The van der Waals surface area contributed by atoms with Gasteiger partial charge in [0.25, 0.3) is 5.91 Å². The van der Waals surface area contributed by atoms with Gasteiger partial charge in [-0.05, 0) is 51.0 Å². The number of anilines is 2. The Morgan fingerprint density at radius 3 is 2.52 bits per heavy atom. The van der Waals surface area contributed by atoms with E-state index in [2.05, 4.69) is 5.32 Å². The van der Waals surface area contributed by atoms with E-state index in [0.717, 1.165) is 0 Å². The van der Waals surface area contributed by atoms with Gasteiger partial charge in [-0.1, -0.05) is 30.3 Å². The summed E-state index contributed by atoms with van der Waals surface area (Å²) in [5.41, 5.74) is 0.310. The van der Waals surface area contributed by atoms with Gasteiger partial charge in [0, 0.05) is 6.42 Å². The zero-order chi connectivity index (χ0) is 21.2. The van der Waals surface area contributed by atoms with Crippen LogP contribution in [0.4, 0.5) is 15.8 Å². The molecule has 29 heavy (non-hydrogen) atoms. The first-order valence-corrected chi connectivity index (χ1v) is 9.39. The molecule has 1 aliphatic rings. The molecular weight excluding hydrogens is 375 g/mol. The number of nitrogens with zero attached hydrogens (tertiary/aromatic N) is 1. The summed E-state index contributed by atoms with van der Waals surface area (Å²) < 4.78 is 19.0. The number of fused-ring (bicyclic) bond motifs is 1. The van der Waals surface area contributed by atoms with E-state index >= 15 is 0 Å². The molecule has 0 aliphatic carbocycles. The van der Waals surface area contributed by atoms with Crippen LogP contribution in [0.5, 0.6) is 0 Å². The summed E-state index contributed by atoms with van der Waals surface area (Å²) in [6.45, 7) is 4.72. The number of para-hydroxylation sites is 2. The molecule has 1 N–H and O–H groups in total. The van der Waals surface area contributed by atoms with E-state index in [-0.39, 0.29) is 24.6 Å². The molecule has 0 aromatic heterocycles. The lowest BCUT2D eigenvalue weighted by Crippen LogP contribution is -2.60. The van der Waals surface area contributed by atoms with Crippen LogP contribution in [0.2, 0.25) is 0 Å². The van der Waals surface area contributed by atoms with Gasteiger partial charge in [0.15, 0.2) is 6.10 Å². The predicted molar refractivity (Wildman–Crippen MR) is 107 cm³/mol.